The minimum absolute atomic E-state index is 0.738. The Balaban J connectivity index is 1.73. The fourth-order valence-corrected chi connectivity index (χ4v) is 3.21. The molecular weight excluding hydrogens is 184 g/mol. The third-order valence-corrected chi connectivity index (χ3v) is 4.25. The molecule has 2 nitrogen and oxygen atoms in total. The van der Waals surface area contributed by atoms with Gasteiger partial charge in [-0.2, -0.15) is 0 Å². The van der Waals surface area contributed by atoms with Gasteiger partial charge in [0.25, 0.3) is 0 Å². The molecule has 2 rings (SSSR count). The smallest absolute Gasteiger partial charge is 0.0209 e. The van der Waals surface area contributed by atoms with Crippen LogP contribution in [0, 0.1) is 5.92 Å². The summed E-state index contributed by atoms with van der Waals surface area (Å²) in [5.74, 6) is 0.949. The van der Waals surface area contributed by atoms with Crippen LogP contribution in [-0.2, 0) is 0 Å². The van der Waals surface area contributed by atoms with Crippen molar-refractivity contribution in [3.05, 3.63) is 0 Å². The third kappa shape index (κ3) is 3.18. The SMILES string of the molecule is C[C@@H](NC1CCN(C)C1)C1CCCCC1. The molecule has 2 atom stereocenters. The number of nitrogens with zero attached hydrogens (tertiary/aromatic N) is 1. The lowest BCUT2D eigenvalue weighted by Gasteiger charge is -2.30. The summed E-state index contributed by atoms with van der Waals surface area (Å²) in [7, 11) is 2.23. The first-order valence-electron chi connectivity index (χ1n) is 6.70. The maximum absolute atomic E-state index is 3.84. The Morgan fingerprint density at radius 2 is 1.87 bits per heavy atom. The van der Waals surface area contributed by atoms with Crippen molar-refractivity contribution < 1.29 is 0 Å². The van der Waals surface area contributed by atoms with E-state index in [2.05, 4.69) is 24.2 Å². The molecule has 15 heavy (non-hydrogen) atoms. The van der Waals surface area contributed by atoms with E-state index < -0.39 is 0 Å². The highest BCUT2D eigenvalue weighted by molar-refractivity contribution is 4.84. The van der Waals surface area contributed by atoms with Gasteiger partial charge in [0.15, 0.2) is 0 Å². The molecule has 1 heterocycles. The van der Waals surface area contributed by atoms with Crippen LogP contribution in [0.25, 0.3) is 0 Å². The standard InChI is InChI=1S/C13H26N2/c1-11(12-6-4-3-5-7-12)14-13-8-9-15(2)10-13/h11-14H,3-10H2,1-2H3/t11-,13?/m1/s1. The van der Waals surface area contributed by atoms with E-state index in [9.17, 15) is 0 Å². The number of hydrogen-bond acceptors (Lipinski definition) is 2. The number of likely N-dealkylation sites (N-methyl/N-ethyl adjacent to an activating group) is 1. The van der Waals surface area contributed by atoms with Crippen molar-refractivity contribution in [3.63, 3.8) is 0 Å². The second-order valence-corrected chi connectivity index (χ2v) is 5.60. The molecule has 88 valence electrons. The van der Waals surface area contributed by atoms with Crippen molar-refractivity contribution in [2.24, 2.45) is 5.92 Å². The number of hydrogen-bond donors (Lipinski definition) is 1. The van der Waals surface area contributed by atoms with Crippen LogP contribution >= 0.6 is 0 Å². The lowest BCUT2D eigenvalue weighted by Crippen LogP contribution is -2.42. The minimum Gasteiger partial charge on any atom is -0.310 e. The van der Waals surface area contributed by atoms with E-state index in [4.69, 9.17) is 0 Å². The summed E-state index contributed by atoms with van der Waals surface area (Å²) in [5.41, 5.74) is 0. The van der Waals surface area contributed by atoms with Crippen molar-refractivity contribution in [2.45, 2.75) is 57.5 Å². The number of rotatable bonds is 3. The molecule has 0 radical (unpaired) electrons. The van der Waals surface area contributed by atoms with E-state index >= 15 is 0 Å². The highest BCUT2D eigenvalue weighted by Gasteiger charge is 2.25. The van der Waals surface area contributed by atoms with Gasteiger partial charge < -0.3 is 10.2 Å². The van der Waals surface area contributed by atoms with E-state index in [0.29, 0.717) is 0 Å². The zero-order chi connectivity index (χ0) is 10.7. The van der Waals surface area contributed by atoms with Gasteiger partial charge in [-0.25, -0.2) is 0 Å². The Kier molecular flexibility index (Phi) is 4.04. The quantitative estimate of drug-likeness (QED) is 0.768. The summed E-state index contributed by atoms with van der Waals surface area (Å²) in [4.78, 5) is 2.44. The predicted molar refractivity (Wildman–Crippen MR) is 65.1 cm³/mol. The highest BCUT2D eigenvalue weighted by atomic mass is 15.2. The zero-order valence-corrected chi connectivity index (χ0v) is 10.3. The fraction of sp³-hybridized carbons (Fsp3) is 1.00. The van der Waals surface area contributed by atoms with Crippen LogP contribution in [-0.4, -0.2) is 37.1 Å². The Labute approximate surface area is 94.4 Å². The largest absolute Gasteiger partial charge is 0.310 e. The molecule has 0 aromatic heterocycles. The topological polar surface area (TPSA) is 15.3 Å². The molecule has 0 bridgehead atoms. The lowest BCUT2D eigenvalue weighted by atomic mass is 9.84. The summed E-state index contributed by atoms with van der Waals surface area (Å²) in [6.07, 6.45) is 8.64. The number of nitrogens with one attached hydrogen (secondary N) is 1. The normalized spacial score (nSPS) is 32.0. The molecule has 2 aliphatic rings. The van der Waals surface area contributed by atoms with Crippen LogP contribution in [0.15, 0.2) is 0 Å². The van der Waals surface area contributed by atoms with Crippen molar-refractivity contribution in [1.82, 2.24) is 10.2 Å². The molecular formula is C13H26N2. The highest BCUT2D eigenvalue weighted by Crippen LogP contribution is 2.26. The van der Waals surface area contributed by atoms with Gasteiger partial charge in [0, 0.05) is 18.6 Å². The average molecular weight is 210 g/mol. The van der Waals surface area contributed by atoms with Crippen molar-refractivity contribution in [3.8, 4) is 0 Å². The molecule has 1 unspecified atom stereocenters. The molecule has 1 saturated carbocycles. The van der Waals surface area contributed by atoms with Gasteiger partial charge in [0.2, 0.25) is 0 Å². The van der Waals surface area contributed by atoms with Gasteiger partial charge in [-0.1, -0.05) is 19.3 Å². The first kappa shape index (κ1) is 11.4. The third-order valence-electron chi connectivity index (χ3n) is 4.25. The summed E-state index contributed by atoms with van der Waals surface area (Å²) in [6.45, 7) is 4.92. The van der Waals surface area contributed by atoms with Gasteiger partial charge in [-0.05, 0) is 45.7 Å². The monoisotopic (exact) mass is 210 g/mol. The molecule has 0 aromatic carbocycles. The average Bonchev–Trinajstić information content (AvgIpc) is 2.65. The predicted octanol–water partition coefficient (Wildman–Crippen LogP) is 2.25. The Morgan fingerprint density at radius 1 is 1.13 bits per heavy atom. The van der Waals surface area contributed by atoms with Crippen LogP contribution in [0.2, 0.25) is 0 Å². The summed E-state index contributed by atoms with van der Waals surface area (Å²) in [5, 5.41) is 3.84. The Hall–Kier alpha value is -0.0800. The van der Waals surface area contributed by atoms with Crippen molar-refractivity contribution in [1.29, 1.82) is 0 Å². The maximum Gasteiger partial charge on any atom is 0.0209 e. The zero-order valence-electron chi connectivity index (χ0n) is 10.3. The summed E-state index contributed by atoms with van der Waals surface area (Å²) < 4.78 is 0. The molecule has 1 N–H and O–H groups in total. The first-order valence-corrected chi connectivity index (χ1v) is 6.70. The second-order valence-electron chi connectivity index (χ2n) is 5.60. The molecule has 1 saturated heterocycles. The van der Waals surface area contributed by atoms with Gasteiger partial charge in [-0.15, -0.1) is 0 Å². The van der Waals surface area contributed by atoms with E-state index in [1.807, 2.05) is 0 Å². The Morgan fingerprint density at radius 3 is 2.47 bits per heavy atom. The Bertz CT molecular complexity index is 187. The molecule has 0 aromatic rings. The fourth-order valence-electron chi connectivity index (χ4n) is 3.21. The van der Waals surface area contributed by atoms with Crippen molar-refractivity contribution >= 4 is 0 Å². The summed E-state index contributed by atoms with van der Waals surface area (Å²) >= 11 is 0. The van der Waals surface area contributed by atoms with Crippen molar-refractivity contribution in [2.75, 3.05) is 20.1 Å². The molecule has 1 aliphatic heterocycles. The van der Waals surface area contributed by atoms with E-state index in [0.717, 1.165) is 18.0 Å². The van der Waals surface area contributed by atoms with E-state index in [1.54, 1.807) is 0 Å². The van der Waals surface area contributed by atoms with Crippen LogP contribution in [0.5, 0.6) is 0 Å². The molecule has 2 fully saturated rings. The molecule has 0 amide bonds. The van der Waals surface area contributed by atoms with Crippen LogP contribution in [0.4, 0.5) is 0 Å². The molecule has 1 aliphatic carbocycles. The van der Waals surface area contributed by atoms with Crippen LogP contribution in [0.3, 0.4) is 0 Å². The van der Waals surface area contributed by atoms with Gasteiger partial charge >= 0.3 is 0 Å². The van der Waals surface area contributed by atoms with Crippen LogP contribution in [0.1, 0.15) is 45.4 Å². The van der Waals surface area contributed by atoms with Gasteiger partial charge in [0.1, 0.15) is 0 Å². The van der Waals surface area contributed by atoms with E-state index in [1.165, 1.54) is 51.6 Å². The summed E-state index contributed by atoms with van der Waals surface area (Å²) in [6, 6.07) is 1.49. The van der Waals surface area contributed by atoms with Gasteiger partial charge in [0.05, 0.1) is 0 Å². The van der Waals surface area contributed by atoms with Crippen LogP contribution < -0.4 is 5.32 Å². The molecule has 2 heteroatoms. The minimum atomic E-state index is 0.738. The second kappa shape index (κ2) is 5.31. The number of likely N-dealkylation sites (tertiary alicyclic amines) is 1. The molecule has 0 spiro atoms. The first-order chi connectivity index (χ1) is 7.25. The maximum atomic E-state index is 3.84. The van der Waals surface area contributed by atoms with Gasteiger partial charge in [-0.3, -0.25) is 0 Å². The lowest BCUT2D eigenvalue weighted by molar-refractivity contribution is 0.262. The van der Waals surface area contributed by atoms with E-state index in [-0.39, 0.29) is 0 Å².